The second-order valence-electron chi connectivity index (χ2n) is 6.22. The number of hydrogen-bond donors (Lipinski definition) is 1. The highest BCUT2D eigenvalue weighted by Gasteiger charge is 2.59. The molecular weight excluding hydrogens is 284 g/mol. The Balaban J connectivity index is 5.12. The van der Waals surface area contributed by atoms with Gasteiger partial charge in [-0.2, -0.15) is 26.3 Å². The number of halogens is 6. The third-order valence-corrected chi connectivity index (χ3v) is 2.97. The molecule has 0 aromatic rings. The van der Waals surface area contributed by atoms with E-state index in [-0.39, 0.29) is 24.8 Å². The highest BCUT2D eigenvalue weighted by atomic mass is 19.4. The average molecular weight is 307 g/mol. The van der Waals surface area contributed by atoms with Gasteiger partial charge in [0.25, 0.3) is 0 Å². The van der Waals surface area contributed by atoms with E-state index in [2.05, 4.69) is 5.32 Å². The average Bonchev–Trinajstić information content (AvgIpc) is 2.16. The van der Waals surface area contributed by atoms with Crippen LogP contribution in [-0.4, -0.2) is 24.9 Å². The van der Waals surface area contributed by atoms with E-state index in [9.17, 15) is 26.3 Å². The molecule has 0 aromatic heterocycles. The lowest BCUT2D eigenvalue weighted by Gasteiger charge is -2.33. The van der Waals surface area contributed by atoms with Crippen molar-refractivity contribution in [2.75, 3.05) is 6.54 Å². The van der Waals surface area contributed by atoms with Crippen molar-refractivity contribution in [1.82, 2.24) is 5.32 Å². The Hall–Kier alpha value is -0.460. The predicted molar refractivity (Wildman–Crippen MR) is 66.4 cm³/mol. The summed E-state index contributed by atoms with van der Waals surface area (Å²) < 4.78 is 76.5. The fraction of sp³-hybridized carbons (Fsp3) is 1.00. The van der Waals surface area contributed by atoms with Gasteiger partial charge in [-0.25, -0.2) is 0 Å². The van der Waals surface area contributed by atoms with Crippen molar-refractivity contribution in [2.45, 2.75) is 65.4 Å². The normalized spacial score (nSPS) is 15.8. The minimum absolute atomic E-state index is 0.136. The zero-order valence-electron chi connectivity index (χ0n) is 12.3. The highest BCUT2D eigenvalue weighted by molar-refractivity contribution is 4.88. The quantitative estimate of drug-likeness (QED) is 0.687. The Labute approximate surface area is 116 Å². The van der Waals surface area contributed by atoms with Gasteiger partial charge in [-0.15, -0.1) is 0 Å². The lowest BCUT2D eigenvalue weighted by molar-refractivity contribution is -0.292. The number of nitrogens with one attached hydrogen (secondary N) is 1. The minimum atomic E-state index is -5.29. The maximum Gasteiger partial charge on any atom is 0.401 e. The Morgan fingerprint density at radius 1 is 0.900 bits per heavy atom. The first-order chi connectivity index (χ1) is 8.79. The molecule has 0 heterocycles. The van der Waals surface area contributed by atoms with Crippen molar-refractivity contribution in [3.8, 4) is 0 Å². The molecule has 1 unspecified atom stereocenters. The molecule has 0 rings (SSSR count). The van der Waals surface area contributed by atoms with Crippen LogP contribution in [0.4, 0.5) is 26.3 Å². The Morgan fingerprint density at radius 3 is 1.65 bits per heavy atom. The summed E-state index contributed by atoms with van der Waals surface area (Å²) in [5, 5.41) is 2.42. The molecular formula is C13H23F6N. The van der Waals surface area contributed by atoms with Gasteiger partial charge in [-0.05, 0) is 31.2 Å². The van der Waals surface area contributed by atoms with E-state index < -0.39 is 24.3 Å². The van der Waals surface area contributed by atoms with Crippen molar-refractivity contribution in [1.29, 1.82) is 0 Å². The Kier molecular flexibility index (Phi) is 6.84. The van der Waals surface area contributed by atoms with E-state index in [4.69, 9.17) is 0 Å². The summed E-state index contributed by atoms with van der Waals surface area (Å²) in [5.41, 5.74) is -0.312. The lowest BCUT2D eigenvalue weighted by Crippen LogP contribution is -2.51. The molecule has 0 bridgehead atoms. The molecule has 0 spiro atoms. The smallest absolute Gasteiger partial charge is 0.313 e. The van der Waals surface area contributed by atoms with Crippen LogP contribution in [0.1, 0.15) is 47.0 Å². The summed E-state index contributed by atoms with van der Waals surface area (Å²) >= 11 is 0. The maximum absolute atomic E-state index is 12.8. The summed E-state index contributed by atoms with van der Waals surface area (Å²) in [7, 11) is 0. The molecule has 0 saturated carbocycles. The molecule has 1 N–H and O–H groups in total. The standard InChI is InChI=1S/C13H23F6N/c1-5-8-20-9(6-7-11(2,3)4)10(12(14,15)16)13(17,18)19/h9-10,20H,5-8H2,1-4H3. The number of rotatable bonds is 6. The molecule has 20 heavy (non-hydrogen) atoms. The molecule has 0 radical (unpaired) electrons. The van der Waals surface area contributed by atoms with Crippen molar-refractivity contribution in [3.63, 3.8) is 0 Å². The van der Waals surface area contributed by atoms with Gasteiger partial charge in [-0.3, -0.25) is 0 Å². The SMILES string of the molecule is CCCNC(CCC(C)(C)C)C(C(F)(F)F)C(F)(F)F. The largest absolute Gasteiger partial charge is 0.401 e. The molecule has 0 aliphatic heterocycles. The van der Waals surface area contributed by atoms with Gasteiger partial charge in [0.15, 0.2) is 5.92 Å². The van der Waals surface area contributed by atoms with Gasteiger partial charge >= 0.3 is 12.4 Å². The number of hydrogen-bond acceptors (Lipinski definition) is 1. The van der Waals surface area contributed by atoms with Gasteiger partial charge in [0.2, 0.25) is 0 Å². The molecule has 0 fully saturated rings. The van der Waals surface area contributed by atoms with Crippen LogP contribution in [0.5, 0.6) is 0 Å². The molecule has 0 aliphatic carbocycles. The first-order valence-corrected chi connectivity index (χ1v) is 6.66. The molecule has 1 atom stereocenters. The monoisotopic (exact) mass is 307 g/mol. The van der Waals surface area contributed by atoms with Crippen LogP contribution in [0, 0.1) is 11.3 Å². The second kappa shape index (κ2) is 7.00. The van der Waals surface area contributed by atoms with Crippen LogP contribution >= 0.6 is 0 Å². The third-order valence-electron chi connectivity index (χ3n) is 2.97. The van der Waals surface area contributed by atoms with E-state index in [0.717, 1.165) is 0 Å². The number of alkyl halides is 6. The zero-order valence-corrected chi connectivity index (χ0v) is 12.3. The van der Waals surface area contributed by atoms with Gasteiger partial charge in [0.1, 0.15) is 0 Å². The lowest BCUT2D eigenvalue weighted by atomic mass is 9.85. The van der Waals surface area contributed by atoms with Crippen LogP contribution in [0.3, 0.4) is 0 Å². The van der Waals surface area contributed by atoms with E-state index >= 15 is 0 Å². The fourth-order valence-corrected chi connectivity index (χ4v) is 1.95. The van der Waals surface area contributed by atoms with Gasteiger partial charge < -0.3 is 5.32 Å². The van der Waals surface area contributed by atoms with E-state index in [1.807, 2.05) is 0 Å². The first kappa shape index (κ1) is 19.5. The topological polar surface area (TPSA) is 12.0 Å². The van der Waals surface area contributed by atoms with E-state index in [0.29, 0.717) is 6.42 Å². The van der Waals surface area contributed by atoms with E-state index in [1.54, 1.807) is 27.7 Å². The van der Waals surface area contributed by atoms with Crippen molar-refractivity contribution in [2.24, 2.45) is 11.3 Å². The van der Waals surface area contributed by atoms with Crippen molar-refractivity contribution in [3.05, 3.63) is 0 Å². The zero-order chi connectivity index (χ0) is 16.2. The molecule has 1 nitrogen and oxygen atoms in total. The van der Waals surface area contributed by atoms with Crippen LogP contribution in [-0.2, 0) is 0 Å². The summed E-state index contributed by atoms with van der Waals surface area (Å²) in [6.45, 7) is 7.21. The van der Waals surface area contributed by atoms with Crippen molar-refractivity contribution < 1.29 is 26.3 Å². The van der Waals surface area contributed by atoms with Crippen molar-refractivity contribution >= 4 is 0 Å². The predicted octanol–water partition coefficient (Wildman–Crippen LogP) is 4.92. The molecule has 0 aliphatic rings. The summed E-state index contributed by atoms with van der Waals surface area (Å²) in [4.78, 5) is 0. The minimum Gasteiger partial charge on any atom is -0.313 e. The molecule has 0 aromatic carbocycles. The molecule has 122 valence electrons. The van der Waals surface area contributed by atoms with Crippen LogP contribution in [0.15, 0.2) is 0 Å². The van der Waals surface area contributed by atoms with E-state index in [1.165, 1.54) is 0 Å². The highest BCUT2D eigenvalue weighted by Crippen LogP contribution is 2.43. The van der Waals surface area contributed by atoms with Gasteiger partial charge in [-0.1, -0.05) is 27.7 Å². The molecule has 0 amide bonds. The summed E-state index contributed by atoms with van der Waals surface area (Å²) in [5.74, 6) is -3.32. The van der Waals surface area contributed by atoms with Crippen LogP contribution in [0.2, 0.25) is 0 Å². The fourth-order valence-electron chi connectivity index (χ4n) is 1.95. The summed E-state index contributed by atoms with van der Waals surface area (Å²) in [6, 6.07) is -1.63. The summed E-state index contributed by atoms with van der Waals surface area (Å²) in [6.07, 6.45) is -9.97. The van der Waals surface area contributed by atoms with Gasteiger partial charge in [0.05, 0.1) is 0 Å². The van der Waals surface area contributed by atoms with Crippen LogP contribution < -0.4 is 5.32 Å². The van der Waals surface area contributed by atoms with Crippen LogP contribution in [0.25, 0.3) is 0 Å². The maximum atomic E-state index is 12.8. The molecule has 7 heteroatoms. The molecule has 0 saturated heterocycles. The first-order valence-electron chi connectivity index (χ1n) is 6.66. The Bertz CT molecular complexity index is 262. The Morgan fingerprint density at radius 2 is 1.35 bits per heavy atom. The second-order valence-corrected chi connectivity index (χ2v) is 6.22. The third kappa shape index (κ3) is 7.36. The van der Waals surface area contributed by atoms with Gasteiger partial charge in [0, 0.05) is 6.04 Å².